The van der Waals surface area contributed by atoms with Crippen LogP contribution in [0.15, 0.2) is 48.8 Å². The highest BCUT2D eigenvalue weighted by Gasteiger charge is 2.29. The number of hydrogen-bond acceptors (Lipinski definition) is 6. The molecule has 1 amide bonds. The molecule has 0 aliphatic rings. The number of ether oxygens (including phenoxy) is 2. The number of rotatable bonds is 10. The van der Waals surface area contributed by atoms with Crippen molar-refractivity contribution in [1.82, 2.24) is 19.4 Å². The minimum absolute atomic E-state index is 0.111. The van der Waals surface area contributed by atoms with Crippen LogP contribution in [0.2, 0.25) is 0 Å². The number of fused-ring (bicyclic) bond motifs is 1. The van der Waals surface area contributed by atoms with E-state index in [1.54, 1.807) is 40.8 Å². The molecule has 2 heterocycles. The summed E-state index contributed by atoms with van der Waals surface area (Å²) in [6, 6.07) is 11.4. The van der Waals surface area contributed by atoms with Gasteiger partial charge in [-0.3, -0.25) is 9.71 Å². The summed E-state index contributed by atoms with van der Waals surface area (Å²) in [6.07, 6.45) is 3.66. The molecule has 0 unspecified atom stereocenters. The number of hydrogen-bond donors (Lipinski definition) is 2. The Morgan fingerprint density at radius 2 is 1.78 bits per heavy atom. The summed E-state index contributed by atoms with van der Waals surface area (Å²) in [4.78, 5) is 16.7. The maximum Gasteiger partial charge on any atom is 0.409 e. The molecule has 0 radical (unpaired) electrons. The Labute approximate surface area is 217 Å². The fourth-order valence-corrected chi connectivity index (χ4v) is 4.13. The fourth-order valence-electron chi connectivity index (χ4n) is 3.72. The Hall–Kier alpha value is -3.02. The number of amides is 1. The zero-order chi connectivity index (χ0) is 27.4. The molecule has 2 N–H and O–H groups in total. The van der Waals surface area contributed by atoms with E-state index in [9.17, 15) is 17.6 Å². The zero-order valence-corrected chi connectivity index (χ0v) is 22.9. The van der Waals surface area contributed by atoms with Crippen LogP contribution in [0, 0.1) is 0 Å². The maximum absolute atomic E-state index is 13.4. The van der Waals surface area contributed by atoms with Crippen molar-refractivity contribution in [2.24, 2.45) is 0 Å². The molecule has 0 bridgehead atoms. The number of imidazole rings is 1. The van der Waals surface area contributed by atoms with Gasteiger partial charge in [0.2, 0.25) is 10.0 Å². The molecule has 0 aliphatic heterocycles. The normalized spacial score (nSPS) is 13.5. The van der Waals surface area contributed by atoms with E-state index in [2.05, 4.69) is 15.0 Å². The molecular weight excluding hydrogens is 499 g/mol. The SMILES string of the molecule is CC(C)(C)OC(=O)NC(C)(C)O[C@@H](CCF)c1ccc(-c2ccn3cc(CNS(C)(=O)=O)nc3c2)cc1. The minimum Gasteiger partial charge on any atom is -0.444 e. The van der Waals surface area contributed by atoms with E-state index in [1.165, 1.54) is 0 Å². The second-order valence-electron chi connectivity index (χ2n) is 10.3. The van der Waals surface area contributed by atoms with Crippen molar-refractivity contribution in [3.63, 3.8) is 0 Å². The number of sulfonamides is 1. The molecule has 0 aliphatic carbocycles. The predicted octanol–water partition coefficient (Wildman–Crippen LogP) is 4.73. The van der Waals surface area contributed by atoms with Crippen molar-refractivity contribution in [2.75, 3.05) is 12.9 Å². The van der Waals surface area contributed by atoms with Crippen LogP contribution in [-0.4, -0.2) is 48.2 Å². The first kappa shape index (κ1) is 28.5. The van der Waals surface area contributed by atoms with Crippen molar-refractivity contribution in [2.45, 2.75) is 65.0 Å². The fraction of sp³-hybridized carbons (Fsp3) is 0.462. The molecule has 0 spiro atoms. The van der Waals surface area contributed by atoms with E-state index < -0.39 is 40.2 Å². The number of pyridine rings is 1. The predicted molar refractivity (Wildman–Crippen MR) is 140 cm³/mol. The Kier molecular flexibility index (Phi) is 8.61. The van der Waals surface area contributed by atoms with E-state index in [0.29, 0.717) is 11.3 Å². The first-order valence-corrected chi connectivity index (χ1v) is 13.8. The Morgan fingerprint density at radius 1 is 1.11 bits per heavy atom. The summed E-state index contributed by atoms with van der Waals surface area (Å²) in [5, 5.41) is 2.69. The van der Waals surface area contributed by atoms with Crippen LogP contribution in [0.25, 0.3) is 16.8 Å². The lowest BCUT2D eigenvalue weighted by Crippen LogP contribution is -2.48. The van der Waals surface area contributed by atoms with Crippen LogP contribution in [0.3, 0.4) is 0 Å². The Morgan fingerprint density at radius 3 is 2.38 bits per heavy atom. The third-order valence-corrected chi connectivity index (χ3v) is 5.92. The van der Waals surface area contributed by atoms with E-state index in [0.717, 1.165) is 22.9 Å². The number of nitrogens with one attached hydrogen (secondary N) is 2. The Balaban J connectivity index is 1.74. The van der Waals surface area contributed by atoms with E-state index in [4.69, 9.17) is 9.47 Å². The highest BCUT2D eigenvalue weighted by atomic mass is 32.2. The summed E-state index contributed by atoms with van der Waals surface area (Å²) in [7, 11) is -3.31. The third kappa shape index (κ3) is 8.80. The standard InChI is InChI=1S/C26H35FN4O5S/c1-25(2,3)36-24(32)30-26(4,5)35-22(11-13-27)19-9-7-18(8-10-19)20-12-14-31-17-21(29-23(31)15-20)16-28-37(6,33)34/h7-10,12,14-15,17,22,28H,11,13,16H2,1-6H3,(H,30,32)/t22-/m0/s1. The highest BCUT2D eigenvalue weighted by Crippen LogP contribution is 2.29. The van der Waals surface area contributed by atoms with Gasteiger partial charge in [0, 0.05) is 18.8 Å². The van der Waals surface area contributed by atoms with Crippen LogP contribution in [0.5, 0.6) is 0 Å². The summed E-state index contributed by atoms with van der Waals surface area (Å²) in [5.41, 5.74) is 2.17. The van der Waals surface area contributed by atoms with Crippen molar-refractivity contribution >= 4 is 21.8 Å². The number of carbonyl (C=O) groups is 1. The van der Waals surface area contributed by atoms with Gasteiger partial charge in [0.25, 0.3) is 0 Å². The average molecular weight is 535 g/mol. The second kappa shape index (κ2) is 11.2. The second-order valence-corrected chi connectivity index (χ2v) is 12.2. The van der Waals surface area contributed by atoms with E-state index in [-0.39, 0.29) is 13.0 Å². The van der Waals surface area contributed by atoms with Gasteiger partial charge in [-0.2, -0.15) is 0 Å². The molecule has 1 atom stereocenters. The molecule has 202 valence electrons. The van der Waals surface area contributed by atoms with Crippen LogP contribution in [0.4, 0.5) is 9.18 Å². The first-order valence-electron chi connectivity index (χ1n) is 11.9. The molecule has 1 aromatic carbocycles. The van der Waals surface area contributed by atoms with Crippen LogP contribution < -0.4 is 10.0 Å². The summed E-state index contributed by atoms with van der Waals surface area (Å²) >= 11 is 0. The van der Waals surface area contributed by atoms with Crippen LogP contribution in [-0.2, 0) is 26.0 Å². The minimum atomic E-state index is -3.31. The molecule has 3 aromatic rings. The van der Waals surface area contributed by atoms with Gasteiger partial charge in [-0.1, -0.05) is 24.3 Å². The zero-order valence-electron chi connectivity index (χ0n) is 22.0. The van der Waals surface area contributed by atoms with Crippen LogP contribution >= 0.6 is 0 Å². The molecule has 0 saturated heterocycles. The van der Waals surface area contributed by atoms with Gasteiger partial charge in [-0.15, -0.1) is 0 Å². The lowest BCUT2D eigenvalue weighted by Gasteiger charge is -2.32. The number of alkyl carbamates (subject to hydrolysis) is 1. The first-order chi connectivity index (χ1) is 17.1. The summed E-state index contributed by atoms with van der Waals surface area (Å²) in [5.74, 6) is 0. The molecule has 9 nitrogen and oxygen atoms in total. The number of benzene rings is 1. The average Bonchev–Trinajstić information content (AvgIpc) is 3.17. The topological polar surface area (TPSA) is 111 Å². The molecule has 37 heavy (non-hydrogen) atoms. The quantitative estimate of drug-likeness (QED) is 0.364. The lowest BCUT2D eigenvalue weighted by molar-refractivity contribution is -0.0979. The highest BCUT2D eigenvalue weighted by molar-refractivity contribution is 7.88. The van der Waals surface area contributed by atoms with Crippen molar-refractivity contribution in [3.05, 3.63) is 60.0 Å². The smallest absolute Gasteiger partial charge is 0.409 e. The van der Waals surface area contributed by atoms with Gasteiger partial charge in [-0.25, -0.2) is 22.9 Å². The van der Waals surface area contributed by atoms with Crippen molar-refractivity contribution < 1.29 is 27.1 Å². The van der Waals surface area contributed by atoms with Crippen molar-refractivity contribution in [1.29, 1.82) is 0 Å². The van der Waals surface area contributed by atoms with Gasteiger partial charge in [0.05, 0.1) is 31.3 Å². The summed E-state index contributed by atoms with van der Waals surface area (Å²) in [6.45, 7) is 8.22. The van der Waals surface area contributed by atoms with E-state index in [1.807, 2.05) is 47.0 Å². The Bertz CT molecular complexity index is 1330. The number of aromatic nitrogens is 2. The number of halogens is 1. The number of nitrogens with zero attached hydrogens (tertiary/aromatic N) is 2. The third-order valence-electron chi connectivity index (χ3n) is 5.25. The molecule has 3 rings (SSSR count). The van der Waals surface area contributed by atoms with Crippen LogP contribution in [0.1, 0.15) is 58.4 Å². The largest absolute Gasteiger partial charge is 0.444 e. The summed E-state index contributed by atoms with van der Waals surface area (Å²) < 4.78 is 51.7. The molecule has 2 aromatic heterocycles. The van der Waals surface area contributed by atoms with Gasteiger partial charge in [0.1, 0.15) is 17.0 Å². The molecule has 0 saturated carbocycles. The number of alkyl halides is 1. The van der Waals surface area contributed by atoms with Gasteiger partial charge in [0.15, 0.2) is 0 Å². The van der Waals surface area contributed by atoms with Gasteiger partial charge < -0.3 is 13.9 Å². The molecule has 11 heteroatoms. The molecular formula is C26H35FN4O5S. The van der Waals surface area contributed by atoms with E-state index >= 15 is 0 Å². The molecule has 0 fully saturated rings. The maximum atomic E-state index is 13.4. The number of carbonyl (C=O) groups excluding carboxylic acids is 1. The van der Waals surface area contributed by atoms with Gasteiger partial charge in [-0.05, 0) is 63.4 Å². The van der Waals surface area contributed by atoms with Gasteiger partial charge >= 0.3 is 6.09 Å². The lowest BCUT2D eigenvalue weighted by atomic mass is 10.0. The van der Waals surface area contributed by atoms with Crippen molar-refractivity contribution in [3.8, 4) is 11.1 Å². The monoisotopic (exact) mass is 534 g/mol.